The fraction of sp³-hybridized carbons (Fsp3) is 0.609. The molecule has 0 radical (unpaired) electrons. The van der Waals surface area contributed by atoms with Crippen molar-refractivity contribution in [3.05, 3.63) is 35.9 Å². The van der Waals surface area contributed by atoms with Crippen LogP contribution in [0.5, 0.6) is 0 Å². The van der Waals surface area contributed by atoms with Gasteiger partial charge in [0.15, 0.2) is 0 Å². The molecule has 0 aliphatic carbocycles. The molecule has 2 rings (SSSR count). The van der Waals surface area contributed by atoms with Crippen LogP contribution in [0, 0.1) is 5.92 Å². The number of carbonyl (C=O) groups excluding carboxylic acids is 3. The maximum atomic E-state index is 13.5. The van der Waals surface area contributed by atoms with E-state index in [-0.39, 0.29) is 5.91 Å². The summed E-state index contributed by atoms with van der Waals surface area (Å²) in [6.45, 7) is 10.6. The highest BCUT2D eigenvalue weighted by Crippen LogP contribution is 2.24. The van der Waals surface area contributed by atoms with Crippen molar-refractivity contribution >= 4 is 18.3 Å². The third-order valence-corrected chi connectivity index (χ3v) is 4.99. The van der Waals surface area contributed by atoms with E-state index in [4.69, 9.17) is 4.74 Å². The average molecular weight is 403 g/mol. The quantitative estimate of drug-likeness (QED) is 0.681. The molecule has 2 atom stereocenters. The van der Waals surface area contributed by atoms with Crippen LogP contribution in [0.15, 0.2) is 30.3 Å². The van der Waals surface area contributed by atoms with Gasteiger partial charge in [-0.25, -0.2) is 4.79 Å². The van der Waals surface area contributed by atoms with Crippen LogP contribution >= 0.6 is 0 Å². The number of nitrogens with zero attached hydrogens (tertiary/aromatic N) is 2. The Hall–Kier alpha value is -2.37. The second kappa shape index (κ2) is 9.90. The molecule has 0 saturated carbocycles. The number of ether oxygens (including phenoxy) is 1. The van der Waals surface area contributed by atoms with Gasteiger partial charge in [-0.15, -0.1) is 0 Å². The zero-order chi connectivity index (χ0) is 21.6. The molecule has 1 aliphatic rings. The van der Waals surface area contributed by atoms with E-state index >= 15 is 0 Å². The molecule has 1 saturated heterocycles. The predicted molar refractivity (Wildman–Crippen MR) is 113 cm³/mol. The molecule has 160 valence electrons. The minimum absolute atomic E-state index is 0.121. The lowest BCUT2D eigenvalue weighted by Crippen LogP contribution is -2.54. The molecular weight excluding hydrogens is 368 g/mol. The molecule has 0 N–H and O–H groups in total. The molecule has 0 spiro atoms. The summed E-state index contributed by atoms with van der Waals surface area (Å²) in [6.07, 6.45) is 1.79. The first-order valence-electron chi connectivity index (χ1n) is 10.4. The smallest absolute Gasteiger partial charge is 0.411 e. The summed E-state index contributed by atoms with van der Waals surface area (Å²) < 4.78 is 5.57. The van der Waals surface area contributed by atoms with Gasteiger partial charge in [-0.1, -0.05) is 44.2 Å². The van der Waals surface area contributed by atoms with Crippen molar-refractivity contribution in [2.45, 2.75) is 71.6 Å². The van der Waals surface area contributed by atoms with Gasteiger partial charge in [0.05, 0.1) is 6.04 Å². The van der Waals surface area contributed by atoms with Gasteiger partial charge in [0.2, 0.25) is 5.91 Å². The minimum Gasteiger partial charge on any atom is -0.444 e. The van der Waals surface area contributed by atoms with Crippen molar-refractivity contribution in [1.29, 1.82) is 0 Å². The second-order valence-corrected chi connectivity index (χ2v) is 9.09. The Bertz CT molecular complexity index is 697. The number of hydrogen-bond acceptors (Lipinski definition) is 4. The Balaban J connectivity index is 2.39. The largest absolute Gasteiger partial charge is 0.444 e. The lowest BCUT2D eigenvalue weighted by Gasteiger charge is -2.35. The standard InChI is InChI=1S/C23H34N2O4/c1-17(2)11-13-24-14-12-19(16-26)25(22(28)29-23(3,4)5)20(21(24)27)15-18-9-7-6-8-10-18/h6-10,16-17,19-20H,11-15H2,1-5H3/t19-,20+/m1/s1. The SMILES string of the molecule is CC(C)CCN1CC[C@H](C=O)N(C(=O)OC(C)(C)C)[C@@H](Cc2ccccc2)C1=O. The van der Waals surface area contributed by atoms with Crippen LogP contribution in [0.1, 0.15) is 53.0 Å². The van der Waals surface area contributed by atoms with Crippen molar-refractivity contribution < 1.29 is 19.1 Å². The Morgan fingerprint density at radius 2 is 1.90 bits per heavy atom. The Morgan fingerprint density at radius 1 is 1.24 bits per heavy atom. The van der Waals surface area contributed by atoms with Gasteiger partial charge < -0.3 is 14.4 Å². The maximum Gasteiger partial charge on any atom is 0.411 e. The molecule has 1 fully saturated rings. The fourth-order valence-corrected chi connectivity index (χ4v) is 3.47. The van der Waals surface area contributed by atoms with E-state index < -0.39 is 23.8 Å². The van der Waals surface area contributed by atoms with Crippen LogP contribution in [0.3, 0.4) is 0 Å². The maximum absolute atomic E-state index is 13.5. The summed E-state index contributed by atoms with van der Waals surface area (Å²) in [5.41, 5.74) is 0.226. The third-order valence-electron chi connectivity index (χ3n) is 4.99. The molecular formula is C23H34N2O4. The fourth-order valence-electron chi connectivity index (χ4n) is 3.47. The molecule has 6 heteroatoms. The third kappa shape index (κ3) is 6.58. The summed E-state index contributed by atoms with van der Waals surface area (Å²) in [5, 5.41) is 0. The number of rotatable bonds is 6. The monoisotopic (exact) mass is 402 g/mol. The van der Waals surface area contributed by atoms with Gasteiger partial charge in [-0.2, -0.15) is 0 Å². The van der Waals surface area contributed by atoms with Crippen LogP contribution < -0.4 is 0 Å². The van der Waals surface area contributed by atoms with Crippen LogP contribution in [0.25, 0.3) is 0 Å². The predicted octanol–water partition coefficient (Wildman–Crippen LogP) is 3.68. The lowest BCUT2D eigenvalue weighted by atomic mass is 10.0. The van der Waals surface area contributed by atoms with Crippen molar-refractivity contribution in [3.8, 4) is 0 Å². The molecule has 1 aliphatic heterocycles. The summed E-state index contributed by atoms with van der Waals surface area (Å²) in [4.78, 5) is 41.5. The second-order valence-electron chi connectivity index (χ2n) is 9.09. The van der Waals surface area contributed by atoms with Crippen LogP contribution in [0.4, 0.5) is 4.79 Å². The lowest BCUT2D eigenvalue weighted by molar-refractivity contribution is -0.136. The molecule has 2 amide bonds. The first-order valence-corrected chi connectivity index (χ1v) is 10.4. The molecule has 1 aromatic rings. The zero-order valence-corrected chi connectivity index (χ0v) is 18.3. The van der Waals surface area contributed by atoms with E-state index in [1.165, 1.54) is 4.90 Å². The summed E-state index contributed by atoms with van der Waals surface area (Å²) in [5.74, 6) is 0.340. The normalized spacial score (nSPS) is 20.6. The molecule has 6 nitrogen and oxygen atoms in total. The average Bonchev–Trinajstić information content (AvgIpc) is 2.76. The van der Waals surface area contributed by atoms with Gasteiger partial charge >= 0.3 is 6.09 Å². The Kier molecular flexibility index (Phi) is 7.82. The van der Waals surface area contributed by atoms with Crippen LogP contribution in [-0.2, 0) is 20.7 Å². The zero-order valence-electron chi connectivity index (χ0n) is 18.3. The summed E-state index contributed by atoms with van der Waals surface area (Å²) >= 11 is 0. The van der Waals surface area contributed by atoms with E-state index in [0.29, 0.717) is 31.8 Å². The highest BCUT2D eigenvalue weighted by atomic mass is 16.6. The molecule has 0 aromatic heterocycles. The number of amides is 2. The van der Waals surface area contributed by atoms with Crippen molar-refractivity contribution in [2.24, 2.45) is 5.92 Å². The van der Waals surface area contributed by atoms with E-state index in [1.54, 1.807) is 25.7 Å². The van der Waals surface area contributed by atoms with Gasteiger partial charge in [0.25, 0.3) is 0 Å². The first kappa shape index (κ1) is 22.9. The summed E-state index contributed by atoms with van der Waals surface area (Å²) in [7, 11) is 0. The van der Waals surface area contributed by atoms with Crippen molar-refractivity contribution in [3.63, 3.8) is 0 Å². The number of carbonyl (C=O) groups is 3. The molecule has 0 unspecified atom stereocenters. The first-order chi connectivity index (χ1) is 13.6. The molecule has 1 heterocycles. The van der Waals surface area contributed by atoms with E-state index in [9.17, 15) is 14.4 Å². The number of hydrogen-bond donors (Lipinski definition) is 0. The van der Waals surface area contributed by atoms with Crippen LogP contribution in [-0.4, -0.2) is 58.9 Å². The molecule has 29 heavy (non-hydrogen) atoms. The van der Waals surface area contributed by atoms with Gasteiger partial charge in [-0.3, -0.25) is 9.69 Å². The van der Waals surface area contributed by atoms with Gasteiger partial charge in [-0.05, 0) is 45.1 Å². The Labute approximate surface area is 174 Å². The van der Waals surface area contributed by atoms with Crippen LogP contribution in [0.2, 0.25) is 0 Å². The number of aldehydes is 1. The van der Waals surface area contributed by atoms with Crippen molar-refractivity contribution in [2.75, 3.05) is 13.1 Å². The summed E-state index contributed by atoms with van der Waals surface area (Å²) in [6, 6.07) is 8.13. The van der Waals surface area contributed by atoms with Gasteiger partial charge in [0.1, 0.15) is 17.9 Å². The topological polar surface area (TPSA) is 66.9 Å². The van der Waals surface area contributed by atoms with Crippen molar-refractivity contribution in [1.82, 2.24) is 9.80 Å². The molecule has 0 bridgehead atoms. The minimum atomic E-state index is -0.767. The highest BCUT2D eigenvalue weighted by molar-refractivity contribution is 5.88. The van der Waals surface area contributed by atoms with E-state index in [2.05, 4.69) is 13.8 Å². The number of benzene rings is 1. The Morgan fingerprint density at radius 3 is 2.45 bits per heavy atom. The van der Waals surface area contributed by atoms with E-state index in [1.807, 2.05) is 30.3 Å². The van der Waals surface area contributed by atoms with Gasteiger partial charge in [0, 0.05) is 19.5 Å². The molecule has 1 aromatic carbocycles. The van der Waals surface area contributed by atoms with E-state index in [0.717, 1.165) is 18.3 Å². The highest BCUT2D eigenvalue weighted by Gasteiger charge is 2.42.